The molecule has 0 atom stereocenters. The molecule has 1 aromatic rings. The Morgan fingerprint density at radius 2 is 1.95 bits per heavy atom. The number of nitrogens with one attached hydrogen (secondary N) is 1. The van der Waals surface area contributed by atoms with E-state index in [4.69, 9.17) is 16.3 Å². The lowest BCUT2D eigenvalue weighted by Crippen LogP contribution is -2.27. The summed E-state index contributed by atoms with van der Waals surface area (Å²) in [6.45, 7) is 12.5. The predicted molar refractivity (Wildman–Crippen MR) is 91.3 cm³/mol. The van der Waals surface area contributed by atoms with Crippen molar-refractivity contribution in [3.05, 3.63) is 28.8 Å². The Hall–Kier alpha value is -0.770. The fourth-order valence-corrected chi connectivity index (χ4v) is 2.44. The van der Waals surface area contributed by atoms with Gasteiger partial charge < -0.3 is 15.0 Å². The van der Waals surface area contributed by atoms with E-state index >= 15 is 0 Å². The summed E-state index contributed by atoms with van der Waals surface area (Å²) in [5.74, 6) is 0.781. The zero-order valence-corrected chi connectivity index (χ0v) is 14.4. The van der Waals surface area contributed by atoms with Gasteiger partial charge >= 0.3 is 0 Å². The summed E-state index contributed by atoms with van der Waals surface area (Å²) in [5.41, 5.74) is 1.20. The van der Waals surface area contributed by atoms with Crippen molar-refractivity contribution in [2.75, 3.05) is 32.8 Å². The lowest BCUT2D eigenvalue weighted by Gasteiger charge is -2.17. The minimum absolute atomic E-state index is 0.700. The second-order valence-electron chi connectivity index (χ2n) is 5.17. The molecule has 0 heterocycles. The van der Waals surface area contributed by atoms with Crippen LogP contribution in [0.5, 0.6) is 5.75 Å². The quantitative estimate of drug-likeness (QED) is 0.626. The first-order valence-electron chi connectivity index (χ1n) is 8.05. The number of hydrogen-bond donors (Lipinski definition) is 1. The molecule has 0 aromatic heterocycles. The highest BCUT2D eigenvalue weighted by Gasteiger charge is 2.03. The molecule has 0 aliphatic heterocycles. The molecule has 4 heteroatoms. The third-order valence-electron chi connectivity index (χ3n) is 3.51. The molecule has 1 N–H and O–H groups in total. The molecule has 3 nitrogen and oxygen atoms in total. The second kappa shape index (κ2) is 10.9. The summed E-state index contributed by atoms with van der Waals surface area (Å²) in [5, 5.41) is 4.17. The van der Waals surface area contributed by atoms with Crippen molar-refractivity contribution in [3.8, 4) is 5.75 Å². The molecule has 0 amide bonds. The van der Waals surface area contributed by atoms with E-state index in [1.807, 2.05) is 12.1 Å². The van der Waals surface area contributed by atoms with E-state index in [2.05, 4.69) is 37.1 Å². The normalized spacial score (nSPS) is 11.1. The fourth-order valence-electron chi connectivity index (χ4n) is 2.18. The maximum Gasteiger partial charge on any atom is 0.137 e. The average molecular weight is 313 g/mol. The smallest absolute Gasteiger partial charge is 0.137 e. The molecule has 1 rings (SSSR count). The number of benzene rings is 1. The standard InChI is InChI=1S/C17H29ClN2O/c1-4-12-21-17-9-8-15(13-16(17)18)14-19-10-7-11-20(5-2)6-3/h8-9,13,19H,4-7,10-12,14H2,1-3H3. The Kier molecular flexibility index (Phi) is 9.48. The third kappa shape index (κ3) is 7.16. The van der Waals surface area contributed by atoms with Crippen LogP contribution in [-0.4, -0.2) is 37.7 Å². The Bertz CT molecular complexity index is 394. The molecule has 0 saturated heterocycles. The van der Waals surface area contributed by atoms with Crippen LogP contribution in [0.2, 0.25) is 5.02 Å². The van der Waals surface area contributed by atoms with E-state index in [-0.39, 0.29) is 0 Å². The van der Waals surface area contributed by atoms with Gasteiger partial charge in [0.1, 0.15) is 5.75 Å². The molecule has 0 fully saturated rings. The number of nitrogens with zero attached hydrogens (tertiary/aromatic N) is 1. The Balaban J connectivity index is 2.27. The van der Waals surface area contributed by atoms with Crippen LogP contribution < -0.4 is 10.1 Å². The van der Waals surface area contributed by atoms with Crippen LogP contribution in [0.25, 0.3) is 0 Å². The summed E-state index contributed by atoms with van der Waals surface area (Å²) in [4.78, 5) is 2.44. The van der Waals surface area contributed by atoms with Crippen LogP contribution in [0.4, 0.5) is 0 Å². The molecule has 0 saturated carbocycles. The molecule has 0 unspecified atom stereocenters. The van der Waals surface area contributed by atoms with E-state index in [0.717, 1.165) is 44.9 Å². The third-order valence-corrected chi connectivity index (χ3v) is 3.80. The van der Waals surface area contributed by atoms with Crippen LogP contribution in [0, 0.1) is 0 Å². The molecular formula is C17H29ClN2O. The van der Waals surface area contributed by atoms with Crippen molar-refractivity contribution in [2.45, 2.75) is 40.2 Å². The minimum Gasteiger partial charge on any atom is -0.492 e. The predicted octanol–water partition coefficient (Wildman–Crippen LogP) is 3.95. The van der Waals surface area contributed by atoms with E-state index in [0.29, 0.717) is 11.6 Å². The Labute approximate surface area is 134 Å². The van der Waals surface area contributed by atoms with Gasteiger partial charge in [-0.3, -0.25) is 0 Å². The molecule has 0 radical (unpaired) electrons. The summed E-state index contributed by atoms with van der Waals surface area (Å²) < 4.78 is 5.58. The summed E-state index contributed by atoms with van der Waals surface area (Å²) in [6.07, 6.45) is 2.17. The zero-order valence-electron chi connectivity index (χ0n) is 13.6. The zero-order chi connectivity index (χ0) is 15.5. The Morgan fingerprint density at radius 3 is 2.57 bits per heavy atom. The van der Waals surface area contributed by atoms with Crippen LogP contribution >= 0.6 is 11.6 Å². The molecule has 0 aliphatic carbocycles. The highest BCUT2D eigenvalue weighted by Crippen LogP contribution is 2.25. The number of hydrogen-bond acceptors (Lipinski definition) is 3. The highest BCUT2D eigenvalue weighted by molar-refractivity contribution is 6.32. The van der Waals surface area contributed by atoms with E-state index in [1.54, 1.807) is 0 Å². The van der Waals surface area contributed by atoms with Gasteiger partial charge in [-0.2, -0.15) is 0 Å². The first-order chi connectivity index (χ1) is 10.2. The van der Waals surface area contributed by atoms with Gasteiger partial charge in [-0.05, 0) is 56.7 Å². The molecule has 21 heavy (non-hydrogen) atoms. The first kappa shape index (κ1) is 18.3. The van der Waals surface area contributed by atoms with Gasteiger partial charge in [0.2, 0.25) is 0 Å². The summed E-state index contributed by atoms with van der Waals surface area (Å²) >= 11 is 6.22. The summed E-state index contributed by atoms with van der Waals surface area (Å²) in [7, 11) is 0. The van der Waals surface area contributed by atoms with E-state index in [1.165, 1.54) is 12.0 Å². The maximum absolute atomic E-state index is 6.22. The van der Waals surface area contributed by atoms with Gasteiger partial charge in [0, 0.05) is 6.54 Å². The first-order valence-corrected chi connectivity index (χ1v) is 8.43. The van der Waals surface area contributed by atoms with Gasteiger partial charge in [-0.1, -0.05) is 38.4 Å². The lowest BCUT2D eigenvalue weighted by molar-refractivity contribution is 0.298. The lowest BCUT2D eigenvalue weighted by atomic mass is 10.2. The topological polar surface area (TPSA) is 24.5 Å². The second-order valence-corrected chi connectivity index (χ2v) is 5.58. The molecule has 0 bridgehead atoms. The van der Waals surface area contributed by atoms with Gasteiger partial charge in [0.05, 0.1) is 11.6 Å². The molecule has 0 spiro atoms. The SMILES string of the molecule is CCCOc1ccc(CNCCCN(CC)CC)cc1Cl. The van der Waals surface area contributed by atoms with Gasteiger partial charge in [0.15, 0.2) is 0 Å². The van der Waals surface area contributed by atoms with Crippen molar-refractivity contribution in [1.82, 2.24) is 10.2 Å². The number of ether oxygens (including phenoxy) is 1. The molecule has 120 valence electrons. The van der Waals surface area contributed by atoms with Crippen LogP contribution in [0.3, 0.4) is 0 Å². The molecule has 0 aliphatic rings. The summed E-state index contributed by atoms with van der Waals surface area (Å²) in [6, 6.07) is 6.03. The monoisotopic (exact) mass is 312 g/mol. The number of halogens is 1. The van der Waals surface area contributed by atoms with Crippen LogP contribution in [0.15, 0.2) is 18.2 Å². The van der Waals surface area contributed by atoms with Crippen molar-refractivity contribution >= 4 is 11.6 Å². The van der Waals surface area contributed by atoms with E-state index < -0.39 is 0 Å². The maximum atomic E-state index is 6.22. The largest absolute Gasteiger partial charge is 0.492 e. The van der Waals surface area contributed by atoms with Crippen molar-refractivity contribution in [2.24, 2.45) is 0 Å². The van der Waals surface area contributed by atoms with Gasteiger partial charge in [-0.25, -0.2) is 0 Å². The van der Waals surface area contributed by atoms with E-state index in [9.17, 15) is 0 Å². The molecular weight excluding hydrogens is 284 g/mol. The van der Waals surface area contributed by atoms with Crippen LogP contribution in [0.1, 0.15) is 39.2 Å². The van der Waals surface area contributed by atoms with Crippen molar-refractivity contribution < 1.29 is 4.74 Å². The minimum atomic E-state index is 0.700. The van der Waals surface area contributed by atoms with Crippen molar-refractivity contribution in [3.63, 3.8) is 0 Å². The van der Waals surface area contributed by atoms with Gasteiger partial charge in [0.25, 0.3) is 0 Å². The molecule has 1 aromatic carbocycles. The van der Waals surface area contributed by atoms with Gasteiger partial charge in [-0.15, -0.1) is 0 Å². The van der Waals surface area contributed by atoms with Crippen molar-refractivity contribution in [1.29, 1.82) is 0 Å². The number of rotatable bonds is 11. The highest BCUT2D eigenvalue weighted by atomic mass is 35.5. The Morgan fingerprint density at radius 1 is 1.19 bits per heavy atom. The average Bonchev–Trinajstić information content (AvgIpc) is 2.50. The van der Waals surface area contributed by atoms with Crippen LogP contribution in [-0.2, 0) is 6.54 Å². The fraction of sp³-hybridized carbons (Fsp3) is 0.647.